The van der Waals surface area contributed by atoms with Gasteiger partial charge in [0.1, 0.15) is 11.5 Å². The number of nitrogens with zero attached hydrogens (tertiary/aromatic N) is 5. The van der Waals surface area contributed by atoms with Gasteiger partial charge in [-0.2, -0.15) is 0 Å². The van der Waals surface area contributed by atoms with E-state index in [-0.39, 0.29) is 12.3 Å². The molecule has 7 nitrogen and oxygen atoms in total. The first-order valence-corrected chi connectivity index (χ1v) is 12.1. The Morgan fingerprint density at radius 3 is 2.43 bits per heavy atom. The van der Waals surface area contributed by atoms with Crippen molar-refractivity contribution in [2.24, 2.45) is 0 Å². The van der Waals surface area contributed by atoms with E-state index >= 15 is 0 Å². The molecule has 0 saturated carbocycles. The number of rotatable bonds is 6. The van der Waals surface area contributed by atoms with Crippen molar-refractivity contribution in [1.82, 2.24) is 24.5 Å². The van der Waals surface area contributed by atoms with Gasteiger partial charge in [0.25, 0.3) is 0 Å². The molecule has 6 rings (SSSR count). The first-order valence-electron chi connectivity index (χ1n) is 12.1. The van der Waals surface area contributed by atoms with Gasteiger partial charge in [-0.1, -0.05) is 59.8 Å². The molecular formula is C28H27N5O2. The molecule has 7 heteroatoms. The zero-order valence-corrected chi connectivity index (χ0v) is 19.5. The summed E-state index contributed by atoms with van der Waals surface area (Å²) < 4.78 is 7.68. The maximum Gasteiger partial charge on any atom is 0.228 e. The summed E-state index contributed by atoms with van der Waals surface area (Å²) >= 11 is 0. The van der Waals surface area contributed by atoms with Gasteiger partial charge in [-0.05, 0) is 29.8 Å². The molecular weight excluding hydrogens is 438 g/mol. The third kappa shape index (κ3) is 4.42. The van der Waals surface area contributed by atoms with Crippen LogP contribution in [0.2, 0.25) is 0 Å². The average Bonchev–Trinajstić information content (AvgIpc) is 3.46. The maximum atomic E-state index is 13.0. The minimum atomic E-state index is 0.0972. The molecule has 0 unspecified atom stereocenters. The molecule has 1 amide bonds. The summed E-state index contributed by atoms with van der Waals surface area (Å²) in [5.74, 6) is 1.16. The normalized spacial score (nSPS) is 14.7. The topological polar surface area (TPSA) is 67.4 Å². The average molecular weight is 466 g/mol. The van der Waals surface area contributed by atoms with E-state index in [1.54, 1.807) is 0 Å². The molecule has 3 aromatic carbocycles. The predicted octanol–water partition coefficient (Wildman–Crippen LogP) is 4.11. The number of amides is 1. The number of piperazine rings is 1. The zero-order chi connectivity index (χ0) is 23.6. The summed E-state index contributed by atoms with van der Waals surface area (Å²) in [6, 6.07) is 26.5. The van der Waals surface area contributed by atoms with Crippen molar-refractivity contribution >= 4 is 27.9 Å². The lowest BCUT2D eigenvalue weighted by atomic mass is 10.1. The summed E-state index contributed by atoms with van der Waals surface area (Å²) in [4.78, 5) is 22.2. The first kappa shape index (κ1) is 21.6. The van der Waals surface area contributed by atoms with E-state index in [0.717, 1.165) is 54.0 Å². The molecule has 0 bridgehead atoms. The largest absolute Gasteiger partial charge is 0.356 e. The van der Waals surface area contributed by atoms with Gasteiger partial charge in [-0.3, -0.25) is 9.69 Å². The van der Waals surface area contributed by atoms with E-state index in [1.165, 1.54) is 5.56 Å². The molecule has 3 heterocycles. The molecule has 35 heavy (non-hydrogen) atoms. The molecule has 0 aliphatic carbocycles. The fourth-order valence-electron chi connectivity index (χ4n) is 4.86. The SMILES string of the molecule is O=C(Cc1noc2ccccc12)N1CCN(Cc2nc3ccccc3n2Cc2ccccc2)CC1. The van der Waals surface area contributed by atoms with Gasteiger partial charge in [-0.15, -0.1) is 0 Å². The first-order chi connectivity index (χ1) is 17.2. The van der Waals surface area contributed by atoms with Crippen LogP contribution >= 0.6 is 0 Å². The zero-order valence-electron chi connectivity index (χ0n) is 19.5. The Hall–Kier alpha value is -3.97. The third-order valence-corrected chi connectivity index (χ3v) is 6.78. The molecule has 0 radical (unpaired) electrons. The number of carbonyl (C=O) groups is 1. The fraction of sp³-hybridized carbons (Fsp3) is 0.250. The van der Waals surface area contributed by atoms with Crippen molar-refractivity contribution < 1.29 is 9.32 Å². The Balaban J connectivity index is 1.13. The van der Waals surface area contributed by atoms with E-state index in [9.17, 15) is 4.79 Å². The number of hydrogen-bond acceptors (Lipinski definition) is 5. The second-order valence-electron chi connectivity index (χ2n) is 9.05. The van der Waals surface area contributed by atoms with Crippen LogP contribution in [-0.4, -0.2) is 56.6 Å². The molecule has 0 atom stereocenters. The summed E-state index contributed by atoms with van der Waals surface area (Å²) in [5.41, 5.74) is 4.86. The summed E-state index contributed by atoms with van der Waals surface area (Å²) in [6.45, 7) is 4.60. The van der Waals surface area contributed by atoms with Gasteiger partial charge in [0.15, 0.2) is 5.58 Å². The van der Waals surface area contributed by atoms with Crippen LogP contribution in [0.15, 0.2) is 83.4 Å². The van der Waals surface area contributed by atoms with Crippen molar-refractivity contribution in [3.8, 4) is 0 Å². The van der Waals surface area contributed by atoms with E-state index in [1.807, 2.05) is 41.3 Å². The number of fused-ring (bicyclic) bond motifs is 2. The predicted molar refractivity (Wildman–Crippen MR) is 135 cm³/mol. The minimum absolute atomic E-state index is 0.0972. The van der Waals surface area contributed by atoms with Crippen LogP contribution in [0.4, 0.5) is 0 Å². The number of benzene rings is 3. The lowest BCUT2D eigenvalue weighted by molar-refractivity contribution is -0.132. The van der Waals surface area contributed by atoms with Crippen LogP contribution in [0.3, 0.4) is 0 Å². The number of aromatic nitrogens is 3. The van der Waals surface area contributed by atoms with Crippen LogP contribution in [0.25, 0.3) is 22.0 Å². The Morgan fingerprint density at radius 1 is 0.829 bits per heavy atom. The van der Waals surface area contributed by atoms with E-state index < -0.39 is 0 Å². The molecule has 0 N–H and O–H groups in total. The van der Waals surface area contributed by atoms with Gasteiger partial charge in [0.2, 0.25) is 5.91 Å². The lowest BCUT2D eigenvalue weighted by Gasteiger charge is -2.34. The number of hydrogen-bond donors (Lipinski definition) is 0. The third-order valence-electron chi connectivity index (χ3n) is 6.78. The highest BCUT2D eigenvalue weighted by molar-refractivity contribution is 5.86. The van der Waals surface area contributed by atoms with E-state index in [2.05, 4.69) is 57.1 Å². The Kier molecular flexibility index (Phi) is 5.76. The molecule has 2 aromatic heterocycles. The van der Waals surface area contributed by atoms with Crippen molar-refractivity contribution in [3.63, 3.8) is 0 Å². The molecule has 1 aliphatic heterocycles. The van der Waals surface area contributed by atoms with Crippen LogP contribution in [0.5, 0.6) is 0 Å². The highest BCUT2D eigenvalue weighted by Gasteiger charge is 2.24. The summed E-state index contributed by atoms with van der Waals surface area (Å²) in [5, 5.41) is 5.04. The Morgan fingerprint density at radius 2 is 1.57 bits per heavy atom. The smallest absolute Gasteiger partial charge is 0.228 e. The quantitative estimate of drug-likeness (QED) is 0.378. The van der Waals surface area contributed by atoms with Gasteiger partial charge >= 0.3 is 0 Å². The van der Waals surface area contributed by atoms with Gasteiger partial charge in [-0.25, -0.2) is 4.98 Å². The highest BCUT2D eigenvalue weighted by atomic mass is 16.5. The second kappa shape index (κ2) is 9.35. The van der Waals surface area contributed by atoms with Crippen molar-refractivity contribution in [3.05, 3.63) is 95.9 Å². The van der Waals surface area contributed by atoms with Crippen LogP contribution in [-0.2, 0) is 24.3 Å². The number of carbonyl (C=O) groups excluding carboxylic acids is 1. The van der Waals surface area contributed by atoms with Gasteiger partial charge in [0.05, 0.1) is 24.0 Å². The standard InChI is InChI=1S/C28H27N5O2/c34-28(18-24-22-10-4-7-13-26(22)35-30-24)32-16-14-31(15-17-32)20-27-29-23-11-5-6-12-25(23)33(27)19-21-8-2-1-3-9-21/h1-13H,14-20H2. The molecule has 5 aromatic rings. The van der Waals surface area contributed by atoms with E-state index in [0.29, 0.717) is 18.8 Å². The van der Waals surface area contributed by atoms with Crippen molar-refractivity contribution in [2.45, 2.75) is 19.5 Å². The van der Waals surface area contributed by atoms with Crippen LogP contribution in [0, 0.1) is 0 Å². The minimum Gasteiger partial charge on any atom is -0.356 e. The molecule has 1 saturated heterocycles. The maximum absolute atomic E-state index is 13.0. The van der Waals surface area contributed by atoms with Crippen molar-refractivity contribution in [2.75, 3.05) is 26.2 Å². The lowest BCUT2D eigenvalue weighted by Crippen LogP contribution is -2.49. The Bertz CT molecular complexity index is 1460. The second-order valence-corrected chi connectivity index (χ2v) is 9.05. The number of imidazole rings is 1. The summed E-state index contributed by atoms with van der Waals surface area (Å²) in [7, 11) is 0. The number of para-hydroxylation sites is 3. The molecule has 1 aliphatic rings. The van der Waals surface area contributed by atoms with Crippen molar-refractivity contribution in [1.29, 1.82) is 0 Å². The Labute approximate surface area is 203 Å². The monoisotopic (exact) mass is 465 g/mol. The fourth-order valence-corrected chi connectivity index (χ4v) is 4.86. The van der Waals surface area contributed by atoms with Gasteiger partial charge < -0.3 is 14.0 Å². The van der Waals surface area contributed by atoms with E-state index in [4.69, 9.17) is 9.51 Å². The van der Waals surface area contributed by atoms with Gasteiger partial charge in [0, 0.05) is 38.1 Å². The highest BCUT2D eigenvalue weighted by Crippen LogP contribution is 2.21. The molecule has 0 spiro atoms. The van der Waals surface area contributed by atoms with Crippen LogP contribution in [0.1, 0.15) is 17.1 Å². The molecule has 176 valence electrons. The molecule has 1 fully saturated rings. The summed E-state index contributed by atoms with van der Waals surface area (Å²) in [6.07, 6.45) is 0.268. The van der Waals surface area contributed by atoms with Crippen LogP contribution < -0.4 is 0 Å².